The first-order valence-electron chi connectivity index (χ1n) is 11.5. The molecule has 1 amide bonds. The maximum absolute atomic E-state index is 13.3. The van der Waals surface area contributed by atoms with Crippen molar-refractivity contribution < 1.29 is 9.90 Å². The van der Waals surface area contributed by atoms with Gasteiger partial charge in [-0.1, -0.05) is 31.2 Å². The van der Waals surface area contributed by atoms with Gasteiger partial charge in [-0.15, -0.1) is 0 Å². The number of imidazole rings is 1. The van der Waals surface area contributed by atoms with Crippen LogP contribution in [-0.2, 0) is 13.0 Å². The maximum atomic E-state index is 13.3. The van der Waals surface area contributed by atoms with Gasteiger partial charge < -0.3 is 10.4 Å². The number of hydrogen-bond acceptors (Lipinski definition) is 5. The number of rotatable bonds is 7. The molecular formula is C27H26N6O2. The van der Waals surface area contributed by atoms with E-state index in [2.05, 4.69) is 22.2 Å². The van der Waals surface area contributed by atoms with Crippen LogP contribution in [0.25, 0.3) is 22.6 Å². The summed E-state index contributed by atoms with van der Waals surface area (Å²) >= 11 is 0. The van der Waals surface area contributed by atoms with Gasteiger partial charge in [0, 0.05) is 17.3 Å². The van der Waals surface area contributed by atoms with E-state index < -0.39 is 0 Å². The van der Waals surface area contributed by atoms with E-state index in [-0.39, 0.29) is 12.5 Å². The van der Waals surface area contributed by atoms with Gasteiger partial charge >= 0.3 is 0 Å². The molecule has 0 unspecified atom stereocenters. The molecule has 0 aliphatic rings. The van der Waals surface area contributed by atoms with E-state index in [9.17, 15) is 4.79 Å². The van der Waals surface area contributed by atoms with Crippen molar-refractivity contribution in [2.45, 2.75) is 26.8 Å². The third kappa shape index (κ3) is 4.43. The summed E-state index contributed by atoms with van der Waals surface area (Å²) in [6.07, 6.45) is 7.57. The molecule has 0 atom stereocenters. The number of nitrogens with zero attached hydrogens (tertiary/aromatic N) is 5. The van der Waals surface area contributed by atoms with Gasteiger partial charge in [0.2, 0.25) is 0 Å². The van der Waals surface area contributed by atoms with Crippen molar-refractivity contribution in [3.05, 3.63) is 95.3 Å². The first-order chi connectivity index (χ1) is 17.1. The molecule has 0 fully saturated rings. The van der Waals surface area contributed by atoms with Gasteiger partial charge in [-0.3, -0.25) is 18.9 Å². The van der Waals surface area contributed by atoms with Crippen LogP contribution in [0, 0.1) is 6.92 Å². The van der Waals surface area contributed by atoms with Crippen molar-refractivity contribution in [3.63, 3.8) is 0 Å². The summed E-state index contributed by atoms with van der Waals surface area (Å²) in [7, 11) is 0. The average molecular weight is 467 g/mol. The third-order valence-electron chi connectivity index (χ3n) is 5.88. The highest BCUT2D eigenvalue weighted by molar-refractivity contribution is 6.08. The molecule has 2 N–H and O–H groups in total. The number of aromatic nitrogens is 5. The average Bonchev–Trinajstić information content (AvgIpc) is 3.44. The summed E-state index contributed by atoms with van der Waals surface area (Å²) in [5, 5.41) is 17.8. The molecular weight excluding hydrogens is 440 g/mol. The van der Waals surface area contributed by atoms with Crippen LogP contribution in [0.2, 0.25) is 0 Å². The second-order valence-corrected chi connectivity index (χ2v) is 8.30. The number of carbonyl (C=O) groups excluding carboxylic acids is 1. The van der Waals surface area contributed by atoms with Crippen molar-refractivity contribution in [2.24, 2.45) is 0 Å². The summed E-state index contributed by atoms with van der Waals surface area (Å²) in [5.74, 6) is -0.251. The first kappa shape index (κ1) is 22.5. The number of pyridine rings is 2. The van der Waals surface area contributed by atoms with Gasteiger partial charge in [-0.25, -0.2) is 4.98 Å². The second-order valence-electron chi connectivity index (χ2n) is 8.30. The SMILES string of the molecule is CCc1nn(Cc2cccc(C)n2)c2cccc(NC(=O)c3cnc4cc(/C=C\CO)ccn34)c12. The molecule has 176 valence electrons. The zero-order valence-electron chi connectivity index (χ0n) is 19.6. The summed E-state index contributed by atoms with van der Waals surface area (Å²) in [6, 6.07) is 15.5. The van der Waals surface area contributed by atoms with Gasteiger partial charge in [0.15, 0.2) is 0 Å². The van der Waals surface area contributed by atoms with Gasteiger partial charge in [-0.05, 0) is 55.3 Å². The highest BCUT2D eigenvalue weighted by atomic mass is 16.2. The summed E-state index contributed by atoms with van der Waals surface area (Å²) < 4.78 is 3.70. The third-order valence-corrected chi connectivity index (χ3v) is 5.88. The predicted octanol–water partition coefficient (Wildman–Crippen LogP) is 4.26. The predicted molar refractivity (Wildman–Crippen MR) is 136 cm³/mol. The minimum absolute atomic E-state index is 0.0311. The van der Waals surface area contributed by atoms with Gasteiger partial charge in [0.25, 0.3) is 5.91 Å². The molecule has 0 spiro atoms. The van der Waals surface area contributed by atoms with Crippen LogP contribution in [-0.4, -0.2) is 41.8 Å². The number of anilines is 1. The van der Waals surface area contributed by atoms with Crippen molar-refractivity contribution in [3.8, 4) is 0 Å². The van der Waals surface area contributed by atoms with Gasteiger partial charge in [-0.2, -0.15) is 5.10 Å². The second kappa shape index (κ2) is 9.52. The Morgan fingerprint density at radius 1 is 1.17 bits per heavy atom. The first-order valence-corrected chi connectivity index (χ1v) is 11.5. The Morgan fingerprint density at radius 2 is 2.03 bits per heavy atom. The zero-order valence-corrected chi connectivity index (χ0v) is 19.6. The Morgan fingerprint density at radius 3 is 2.83 bits per heavy atom. The Balaban J connectivity index is 1.48. The van der Waals surface area contributed by atoms with Crippen molar-refractivity contribution >= 4 is 34.2 Å². The van der Waals surface area contributed by atoms with Crippen molar-refractivity contribution in [1.29, 1.82) is 0 Å². The molecule has 8 nitrogen and oxygen atoms in total. The minimum atomic E-state index is -0.251. The molecule has 0 saturated heterocycles. The van der Waals surface area contributed by atoms with Crippen LogP contribution >= 0.6 is 0 Å². The van der Waals surface area contributed by atoms with Crippen LogP contribution in [0.4, 0.5) is 5.69 Å². The molecule has 0 aliphatic heterocycles. The fraction of sp³-hybridized carbons (Fsp3) is 0.185. The number of benzene rings is 1. The topological polar surface area (TPSA) is 97.3 Å². The molecule has 8 heteroatoms. The van der Waals surface area contributed by atoms with E-state index in [0.717, 1.165) is 40.0 Å². The number of aryl methyl sites for hydroxylation is 2. The van der Waals surface area contributed by atoms with Crippen LogP contribution in [0.3, 0.4) is 0 Å². The lowest BCUT2D eigenvalue weighted by atomic mass is 10.1. The molecule has 0 aliphatic carbocycles. The molecule has 35 heavy (non-hydrogen) atoms. The van der Waals surface area contributed by atoms with Gasteiger partial charge in [0.05, 0.1) is 41.9 Å². The quantitative estimate of drug-likeness (QED) is 0.374. The van der Waals surface area contributed by atoms with E-state index in [4.69, 9.17) is 10.2 Å². The summed E-state index contributed by atoms with van der Waals surface area (Å²) in [4.78, 5) is 22.3. The summed E-state index contributed by atoms with van der Waals surface area (Å²) in [5.41, 5.74) is 6.47. The molecule has 0 radical (unpaired) electrons. The van der Waals surface area contributed by atoms with Crippen LogP contribution in [0.5, 0.6) is 0 Å². The zero-order chi connectivity index (χ0) is 24.4. The van der Waals surface area contributed by atoms with E-state index in [1.807, 2.05) is 66.2 Å². The Kier molecular flexibility index (Phi) is 6.12. The molecule has 4 aromatic heterocycles. The summed E-state index contributed by atoms with van der Waals surface area (Å²) in [6.45, 7) is 4.55. The van der Waals surface area contributed by atoms with E-state index in [1.54, 1.807) is 22.9 Å². The largest absolute Gasteiger partial charge is 0.392 e. The Bertz CT molecular complexity index is 1560. The highest BCUT2D eigenvalue weighted by Gasteiger charge is 2.18. The van der Waals surface area contributed by atoms with E-state index in [1.165, 1.54) is 0 Å². The van der Waals surface area contributed by atoms with Crippen molar-refractivity contribution in [1.82, 2.24) is 24.1 Å². The maximum Gasteiger partial charge on any atom is 0.274 e. The molecule has 5 aromatic rings. The van der Waals surface area contributed by atoms with Crippen LogP contribution < -0.4 is 5.32 Å². The number of fused-ring (bicyclic) bond motifs is 2. The number of aliphatic hydroxyl groups excluding tert-OH is 1. The lowest BCUT2D eigenvalue weighted by Gasteiger charge is -2.08. The van der Waals surface area contributed by atoms with E-state index in [0.29, 0.717) is 23.6 Å². The fourth-order valence-electron chi connectivity index (χ4n) is 4.26. The Labute approximate surface area is 202 Å². The van der Waals surface area contributed by atoms with Crippen LogP contribution in [0.15, 0.2) is 67.0 Å². The monoisotopic (exact) mass is 466 g/mol. The molecule has 0 bridgehead atoms. The normalized spacial score (nSPS) is 11.6. The number of aliphatic hydroxyl groups is 1. The number of nitrogens with one attached hydrogen (secondary N) is 1. The lowest BCUT2D eigenvalue weighted by Crippen LogP contribution is -2.14. The number of hydrogen-bond donors (Lipinski definition) is 2. The highest BCUT2D eigenvalue weighted by Crippen LogP contribution is 2.28. The van der Waals surface area contributed by atoms with Gasteiger partial charge in [0.1, 0.15) is 11.3 Å². The van der Waals surface area contributed by atoms with Crippen LogP contribution in [0.1, 0.15) is 40.1 Å². The van der Waals surface area contributed by atoms with Crippen molar-refractivity contribution in [2.75, 3.05) is 11.9 Å². The smallest absolute Gasteiger partial charge is 0.274 e. The molecule has 1 aromatic carbocycles. The lowest BCUT2D eigenvalue weighted by molar-refractivity contribution is 0.102. The number of amides is 1. The molecule has 5 rings (SSSR count). The number of carbonyl (C=O) groups is 1. The minimum Gasteiger partial charge on any atom is -0.392 e. The Hall–Kier alpha value is -4.30. The molecule has 4 heterocycles. The standard InChI is InChI=1S/C27H26N6O2/c1-3-21-26-22(10-5-11-23(26)33(31-21)17-20-9-4-7-18(2)29-20)30-27(35)24-16-28-25-15-19(8-6-14-34)12-13-32(24)25/h4-13,15-16,34H,3,14,17H2,1-2H3,(H,30,35)/b8-6-. The van der Waals surface area contributed by atoms with E-state index >= 15 is 0 Å². The fourth-order valence-corrected chi connectivity index (χ4v) is 4.26. The molecule has 0 saturated carbocycles.